The van der Waals surface area contributed by atoms with Gasteiger partial charge in [0.2, 0.25) is 0 Å². The Kier molecular flexibility index (Phi) is 2.88. The molecule has 0 spiro atoms. The van der Waals surface area contributed by atoms with Crippen molar-refractivity contribution in [1.82, 2.24) is 15.2 Å². The molecule has 0 bridgehead atoms. The number of hydrogen-bond donors (Lipinski definition) is 1. The molecule has 0 fully saturated rings. The van der Waals surface area contributed by atoms with Crippen LogP contribution >= 0.6 is 0 Å². The number of aromatic amines is 1. The zero-order valence-corrected chi connectivity index (χ0v) is 10.1. The molecule has 3 aromatic rings. The molecule has 0 aliphatic carbocycles. The first-order valence-corrected chi connectivity index (χ1v) is 5.82. The number of rotatable bonds is 2. The first-order chi connectivity index (χ1) is 9.70. The highest BCUT2D eigenvalue weighted by atomic mass is 19.3. The molecule has 0 aliphatic rings. The average molecular weight is 270 g/mol. The maximum Gasteiger partial charge on any atom is 0.282 e. The predicted molar refractivity (Wildman–Crippen MR) is 69.0 cm³/mol. The summed E-state index contributed by atoms with van der Waals surface area (Å²) in [5.41, 5.74) is 1.67. The number of para-hydroxylation sites is 1. The monoisotopic (exact) mass is 270 g/mol. The van der Waals surface area contributed by atoms with E-state index in [2.05, 4.69) is 21.3 Å². The molecule has 98 valence electrons. The van der Waals surface area contributed by atoms with Crippen molar-refractivity contribution in [3.8, 4) is 17.3 Å². The second kappa shape index (κ2) is 4.70. The van der Waals surface area contributed by atoms with Crippen LogP contribution < -0.4 is 0 Å². The highest BCUT2D eigenvalue weighted by Crippen LogP contribution is 2.30. The van der Waals surface area contributed by atoms with Crippen LogP contribution in [0.4, 0.5) is 8.78 Å². The van der Waals surface area contributed by atoms with Gasteiger partial charge in [-0.1, -0.05) is 18.2 Å². The molecule has 0 saturated heterocycles. The molecule has 3 rings (SSSR count). The summed E-state index contributed by atoms with van der Waals surface area (Å²) < 4.78 is 25.3. The molecule has 6 heteroatoms. The number of fused-ring (bicyclic) bond motifs is 1. The Morgan fingerprint density at radius 3 is 2.80 bits per heavy atom. The average Bonchev–Trinajstić information content (AvgIpc) is 2.86. The molecule has 0 unspecified atom stereocenters. The van der Waals surface area contributed by atoms with E-state index < -0.39 is 12.1 Å². The minimum absolute atomic E-state index is 0.411. The van der Waals surface area contributed by atoms with Crippen molar-refractivity contribution in [2.75, 3.05) is 0 Å². The molecule has 1 N–H and O–H groups in total. The van der Waals surface area contributed by atoms with Crippen LogP contribution in [0.25, 0.3) is 22.2 Å². The van der Waals surface area contributed by atoms with Crippen molar-refractivity contribution in [2.45, 2.75) is 6.43 Å². The smallest absolute Gasteiger partial charge is 0.282 e. The molecule has 0 atom stereocenters. The van der Waals surface area contributed by atoms with E-state index in [4.69, 9.17) is 0 Å². The Morgan fingerprint density at radius 1 is 1.25 bits per heavy atom. The Balaban J connectivity index is 2.24. The van der Waals surface area contributed by atoms with Crippen LogP contribution in [0.2, 0.25) is 0 Å². The summed E-state index contributed by atoms with van der Waals surface area (Å²) in [4.78, 5) is 3.06. The molecule has 1 aromatic carbocycles. The number of alkyl halides is 2. The number of H-pyrrole nitrogens is 1. The van der Waals surface area contributed by atoms with Crippen LogP contribution in [0.15, 0.2) is 36.5 Å². The van der Waals surface area contributed by atoms with Crippen LogP contribution in [-0.2, 0) is 0 Å². The predicted octanol–water partition coefficient (Wildman–Crippen LogP) is 3.43. The Bertz CT molecular complexity index is 817. The van der Waals surface area contributed by atoms with Gasteiger partial charge >= 0.3 is 0 Å². The molecule has 2 aromatic heterocycles. The fourth-order valence-corrected chi connectivity index (χ4v) is 2.10. The highest BCUT2D eigenvalue weighted by molar-refractivity contribution is 5.93. The zero-order valence-electron chi connectivity index (χ0n) is 10.1. The van der Waals surface area contributed by atoms with Crippen LogP contribution in [-0.4, -0.2) is 15.2 Å². The molecule has 2 heterocycles. The van der Waals surface area contributed by atoms with Crippen molar-refractivity contribution in [2.24, 2.45) is 0 Å². The molecular formula is C14H8F2N4. The topological polar surface area (TPSA) is 65.4 Å². The maximum absolute atomic E-state index is 12.7. The third-order valence-electron chi connectivity index (χ3n) is 3.00. The summed E-state index contributed by atoms with van der Waals surface area (Å²) in [6.07, 6.45) is -1.34. The van der Waals surface area contributed by atoms with Gasteiger partial charge in [-0.25, -0.2) is 8.78 Å². The van der Waals surface area contributed by atoms with Gasteiger partial charge in [-0.15, -0.1) is 5.10 Å². The summed E-state index contributed by atoms with van der Waals surface area (Å²) >= 11 is 0. The van der Waals surface area contributed by atoms with Gasteiger partial charge in [0.15, 0.2) is 0 Å². The number of nitrogens with zero attached hydrogens (tertiary/aromatic N) is 3. The second-order valence-electron chi connectivity index (χ2n) is 4.20. The molecule has 4 nitrogen and oxygen atoms in total. The van der Waals surface area contributed by atoms with Crippen LogP contribution in [0.3, 0.4) is 0 Å². The van der Waals surface area contributed by atoms with E-state index in [0.29, 0.717) is 16.8 Å². The van der Waals surface area contributed by atoms with Crippen LogP contribution in [0.1, 0.15) is 17.7 Å². The number of halogens is 2. The van der Waals surface area contributed by atoms with E-state index in [1.54, 1.807) is 6.07 Å². The van der Waals surface area contributed by atoms with Gasteiger partial charge in [0.1, 0.15) is 11.8 Å². The standard InChI is InChI=1S/C14H8F2N4/c15-14(16)12-5-8(7-18-20-12)13-10(6-17)9-3-1-2-4-11(9)19-13/h1-5,7,14,19H. The summed E-state index contributed by atoms with van der Waals surface area (Å²) in [7, 11) is 0. The molecule has 0 amide bonds. The van der Waals surface area contributed by atoms with Gasteiger partial charge in [0.25, 0.3) is 6.43 Å². The van der Waals surface area contributed by atoms with Crippen molar-refractivity contribution in [3.05, 3.63) is 47.8 Å². The number of hydrogen-bond acceptors (Lipinski definition) is 3. The van der Waals surface area contributed by atoms with Gasteiger partial charge in [0, 0.05) is 16.5 Å². The third kappa shape index (κ3) is 1.89. The fourth-order valence-electron chi connectivity index (χ4n) is 2.10. The molecule has 20 heavy (non-hydrogen) atoms. The molecule has 0 radical (unpaired) electrons. The number of benzene rings is 1. The van der Waals surface area contributed by atoms with E-state index in [1.807, 2.05) is 18.2 Å². The number of nitrogens with one attached hydrogen (secondary N) is 1. The lowest BCUT2D eigenvalue weighted by Crippen LogP contribution is -1.94. The van der Waals surface area contributed by atoms with Gasteiger partial charge < -0.3 is 4.98 Å². The summed E-state index contributed by atoms with van der Waals surface area (Å²) in [6, 6.07) is 10.6. The Morgan fingerprint density at radius 2 is 2.05 bits per heavy atom. The minimum atomic E-state index is -2.70. The molecular weight excluding hydrogens is 262 g/mol. The van der Waals surface area contributed by atoms with Crippen molar-refractivity contribution in [3.63, 3.8) is 0 Å². The first kappa shape index (κ1) is 12.2. The Labute approximate surface area is 112 Å². The fraction of sp³-hybridized carbons (Fsp3) is 0.0714. The lowest BCUT2D eigenvalue weighted by atomic mass is 10.1. The highest BCUT2D eigenvalue weighted by Gasteiger charge is 2.16. The van der Waals surface area contributed by atoms with E-state index in [9.17, 15) is 14.0 Å². The van der Waals surface area contributed by atoms with E-state index >= 15 is 0 Å². The lowest BCUT2D eigenvalue weighted by Gasteiger charge is -2.01. The summed E-state index contributed by atoms with van der Waals surface area (Å²) in [6.45, 7) is 0. The second-order valence-corrected chi connectivity index (χ2v) is 4.20. The SMILES string of the molecule is N#Cc1c(-c2cnnc(C(F)F)c2)[nH]c2ccccc12. The Hall–Kier alpha value is -2.81. The van der Waals surface area contributed by atoms with Crippen LogP contribution in [0, 0.1) is 11.3 Å². The lowest BCUT2D eigenvalue weighted by molar-refractivity contribution is 0.145. The summed E-state index contributed by atoms with van der Waals surface area (Å²) in [5.74, 6) is 0. The summed E-state index contributed by atoms with van der Waals surface area (Å²) in [5, 5.41) is 17.0. The van der Waals surface area contributed by atoms with Gasteiger partial charge in [0.05, 0.1) is 17.5 Å². The van der Waals surface area contributed by atoms with Crippen molar-refractivity contribution < 1.29 is 8.78 Å². The van der Waals surface area contributed by atoms with Gasteiger partial charge in [-0.3, -0.25) is 0 Å². The van der Waals surface area contributed by atoms with E-state index in [-0.39, 0.29) is 0 Å². The quantitative estimate of drug-likeness (QED) is 0.775. The number of nitriles is 1. The minimum Gasteiger partial charge on any atom is -0.353 e. The number of aromatic nitrogens is 3. The van der Waals surface area contributed by atoms with Crippen molar-refractivity contribution in [1.29, 1.82) is 5.26 Å². The molecule has 0 saturated carbocycles. The first-order valence-electron chi connectivity index (χ1n) is 5.82. The van der Waals surface area contributed by atoms with Gasteiger partial charge in [-0.05, 0) is 12.1 Å². The molecule has 0 aliphatic heterocycles. The maximum atomic E-state index is 12.7. The van der Waals surface area contributed by atoms with E-state index in [1.165, 1.54) is 12.3 Å². The van der Waals surface area contributed by atoms with Crippen LogP contribution in [0.5, 0.6) is 0 Å². The zero-order chi connectivity index (χ0) is 14.1. The van der Waals surface area contributed by atoms with Gasteiger partial charge in [-0.2, -0.15) is 10.4 Å². The van der Waals surface area contributed by atoms with E-state index in [0.717, 1.165) is 10.9 Å². The third-order valence-corrected chi connectivity index (χ3v) is 3.00. The normalized spacial score (nSPS) is 10.9. The van der Waals surface area contributed by atoms with Crippen molar-refractivity contribution >= 4 is 10.9 Å². The largest absolute Gasteiger partial charge is 0.353 e.